The number of nitrogens with zero attached hydrogens (tertiary/aromatic N) is 1. The van der Waals surface area contributed by atoms with Crippen LogP contribution in [0.15, 0.2) is 24.3 Å². The van der Waals surface area contributed by atoms with Gasteiger partial charge in [-0.05, 0) is 31.9 Å². The average molecular weight is 318 g/mol. The van der Waals surface area contributed by atoms with Crippen molar-refractivity contribution in [1.82, 2.24) is 10.2 Å². The minimum atomic E-state index is -0.876. The van der Waals surface area contributed by atoms with Gasteiger partial charge < -0.3 is 10.4 Å². The number of rotatable bonds is 8. The van der Waals surface area contributed by atoms with Crippen LogP contribution in [0.3, 0.4) is 0 Å². The van der Waals surface area contributed by atoms with E-state index in [0.717, 1.165) is 6.42 Å². The summed E-state index contributed by atoms with van der Waals surface area (Å²) in [4.78, 5) is 36.9. The third-order valence-corrected chi connectivity index (χ3v) is 4.03. The predicted octanol–water partition coefficient (Wildman–Crippen LogP) is 1.90. The molecule has 0 spiro atoms. The molecule has 0 saturated heterocycles. The van der Waals surface area contributed by atoms with E-state index in [-0.39, 0.29) is 24.4 Å². The molecular formula is C17H22N2O4. The van der Waals surface area contributed by atoms with Gasteiger partial charge in [0.1, 0.15) is 6.04 Å². The zero-order chi connectivity index (χ0) is 17.0. The second-order valence-corrected chi connectivity index (χ2v) is 5.84. The minimum absolute atomic E-state index is 0.105. The Bertz CT molecular complexity index is 579. The highest BCUT2D eigenvalue weighted by Gasteiger charge is 2.34. The van der Waals surface area contributed by atoms with Gasteiger partial charge in [0.05, 0.1) is 11.1 Å². The van der Waals surface area contributed by atoms with E-state index >= 15 is 0 Å². The van der Waals surface area contributed by atoms with Crippen LogP contribution in [-0.4, -0.2) is 46.4 Å². The molecule has 1 aliphatic rings. The zero-order valence-electron chi connectivity index (χ0n) is 13.4. The first kappa shape index (κ1) is 17.1. The van der Waals surface area contributed by atoms with Gasteiger partial charge in [0, 0.05) is 12.6 Å². The van der Waals surface area contributed by atoms with Crippen molar-refractivity contribution in [3.05, 3.63) is 35.4 Å². The second kappa shape index (κ2) is 7.37. The molecule has 1 heterocycles. The number of carbonyl (C=O) groups excluding carboxylic acids is 2. The smallest absolute Gasteiger partial charge is 0.320 e. The lowest BCUT2D eigenvalue weighted by Gasteiger charge is -2.22. The third kappa shape index (κ3) is 3.76. The standard InChI is InChI=1S/C17H22N2O4/c1-3-6-14(17(22)23)18-11(2)9-10-19-15(20)12-7-4-5-8-13(12)16(19)21/h4-5,7-8,11,14,18H,3,6,9-10H2,1-2H3,(H,22,23). The largest absolute Gasteiger partial charge is 0.480 e. The van der Waals surface area contributed by atoms with Gasteiger partial charge in [0.2, 0.25) is 0 Å². The van der Waals surface area contributed by atoms with E-state index in [1.165, 1.54) is 4.90 Å². The highest BCUT2D eigenvalue weighted by atomic mass is 16.4. The van der Waals surface area contributed by atoms with E-state index in [1.807, 2.05) is 13.8 Å². The van der Waals surface area contributed by atoms with Gasteiger partial charge in [0.25, 0.3) is 11.8 Å². The molecule has 2 amide bonds. The molecule has 0 aliphatic carbocycles. The minimum Gasteiger partial charge on any atom is -0.480 e. The van der Waals surface area contributed by atoms with Crippen molar-refractivity contribution < 1.29 is 19.5 Å². The number of nitrogens with one attached hydrogen (secondary N) is 1. The van der Waals surface area contributed by atoms with E-state index in [1.54, 1.807) is 24.3 Å². The van der Waals surface area contributed by atoms with Crippen molar-refractivity contribution in [2.24, 2.45) is 0 Å². The van der Waals surface area contributed by atoms with Gasteiger partial charge in [-0.2, -0.15) is 0 Å². The van der Waals surface area contributed by atoms with Crippen molar-refractivity contribution >= 4 is 17.8 Å². The van der Waals surface area contributed by atoms with Crippen molar-refractivity contribution in [1.29, 1.82) is 0 Å². The number of aliphatic carboxylic acids is 1. The predicted molar refractivity (Wildman–Crippen MR) is 85.4 cm³/mol. The normalized spacial score (nSPS) is 16.3. The molecule has 6 heteroatoms. The lowest BCUT2D eigenvalue weighted by Crippen LogP contribution is -2.43. The molecule has 0 saturated carbocycles. The number of imide groups is 1. The van der Waals surface area contributed by atoms with Gasteiger partial charge in [-0.1, -0.05) is 25.5 Å². The third-order valence-electron chi connectivity index (χ3n) is 4.03. The molecule has 0 radical (unpaired) electrons. The van der Waals surface area contributed by atoms with E-state index in [0.29, 0.717) is 24.0 Å². The second-order valence-electron chi connectivity index (χ2n) is 5.84. The molecule has 1 aromatic rings. The number of hydrogen-bond acceptors (Lipinski definition) is 4. The van der Waals surface area contributed by atoms with E-state index in [4.69, 9.17) is 5.11 Å². The van der Waals surface area contributed by atoms with Gasteiger partial charge in [-0.15, -0.1) is 0 Å². The molecule has 23 heavy (non-hydrogen) atoms. The van der Waals surface area contributed by atoms with Crippen molar-refractivity contribution in [2.75, 3.05) is 6.54 Å². The zero-order valence-corrected chi connectivity index (χ0v) is 13.4. The molecule has 2 N–H and O–H groups in total. The first-order valence-electron chi connectivity index (χ1n) is 7.89. The highest BCUT2D eigenvalue weighted by molar-refractivity contribution is 6.21. The Kier molecular flexibility index (Phi) is 5.50. The fourth-order valence-corrected chi connectivity index (χ4v) is 2.76. The summed E-state index contributed by atoms with van der Waals surface area (Å²) in [5.74, 6) is -1.43. The van der Waals surface area contributed by atoms with Crippen LogP contribution >= 0.6 is 0 Å². The summed E-state index contributed by atoms with van der Waals surface area (Å²) in [6, 6.07) is 6.07. The van der Waals surface area contributed by atoms with Gasteiger partial charge in [0.15, 0.2) is 0 Å². The number of hydrogen-bond donors (Lipinski definition) is 2. The van der Waals surface area contributed by atoms with Crippen LogP contribution in [0.5, 0.6) is 0 Å². The maximum Gasteiger partial charge on any atom is 0.320 e. The molecule has 1 aliphatic heterocycles. The summed E-state index contributed by atoms with van der Waals surface area (Å²) in [5.41, 5.74) is 0.875. The van der Waals surface area contributed by atoms with E-state index < -0.39 is 12.0 Å². The van der Waals surface area contributed by atoms with Crippen LogP contribution in [0.1, 0.15) is 53.8 Å². The van der Waals surface area contributed by atoms with Crippen LogP contribution in [0.2, 0.25) is 0 Å². The van der Waals surface area contributed by atoms with Crippen LogP contribution < -0.4 is 5.32 Å². The van der Waals surface area contributed by atoms with Crippen LogP contribution in [-0.2, 0) is 4.79 Å². The first-order chi connectivity index (χ1) is 11.0. The molecule has 2 rings (SSSR count). The topological polar surface area (TPSA) is 86.7 Å². The molecule has 124 valence electrons. The van der Waals surface area contributed by atoms with Crippen LogP contribution in [0.4, 0.5) is 0 Å². The van der Waals surface area contributed by atoms with Crippen LogP contribution in [0.25, 0.3) is 0 Å². The first-order valence-corrected chi connectivity index (χ1v) is 7.89. The van der Waals surface area contributed by atoms with Crippen molar-refractivity contribution in [3.63, 3.8) is 0 Å². The summed E-state index contributed by atoms with van der Waals surface area (Å²) >= 11 is 0. The molecule has 6 nitrogen and oxygen atoms in total. The number of fused-ring (bicyclic) bond motifs is 1. The van der Waals surface area contributed by atoms with Crippen LogP contribution in [0, 0.1) is 0 Å². The van der Waals surface area contributed by atoms with E-state index in [2.05, 4.69) is 5.32 Å². The molecule has 2 atom stereocenters. The average Bonchev–Trinajstić information content (AvgIpc) is 2.77. The maximum atomic E-state index is 12.2. The maximum absolute atomic E-state index is 12.2. The Morgan fingerprint density at radius 2 is 1.74 bits per heavy atom. The van der Waals surface area contributed by atoms with Gasteiger partial charge >= 0.3 is 5.97 Å². The lowest BCUT2D eigenvalue weighted by molar-refractivity contribution is -0.139. The molecule has 0 bridgehead atoms. The van der Waals surface area contributed by atoms with Gasteiger partial charge in [-0.3, -0.25) is 19.3 Å². The number of carboxylic acid groups (broad SMARTS) is 1. The Labute approximate surface area is 135 Å². The number of amides is 2. The SMILES string of the molecule is CCCC(NC(C)CCN1C(=O)c2ccccc2C1=O)C(=O)O. The summed E-state index contributed by atoms with van der Waals surface area (Å²) in [6.45, 7) is 4.07. The number of carbonyl (C=O) groups is 3. The molecular weight excluding hydrogens is 296 g/mol. The monoisotopic (exact) mass is 318 g/mol. The molecule has 0 fully saturated rings. The summed E-state index contributed by atoms with van der Waals surface area (Å²) in [7, 11) is 0. The Morgan fingerprint density at radius 3 is 2.22 bits per heavy atom. The van der Waals surface area contributed by atoms with Crippen molar-refractivity contribution in [3.8, 4) is 0 Å². The van der Waals surface area contributed by atoms with Crippen molar-refractivity contribution in [2.45, 2.75) is 45.2 Å². The fourth-order valence-electron chi connectivity index (χ4n) is 2.76. The lowest BCUT2D eigenvalue weighted by atomic mass is 10.1. The Hall–Kier alpha value is -2.21. The summed E-state index contributed by atoms with van der Waals surface area (Å²) < 4.78 is 0. The van der Waals surface area contributed by atoms with E-state index in [9.17, 15) is 14.4 Å². The Morgan fingerprint density at radius 1 is 1.17 bits per heavy atom. The summed E-state index contributed by atoms with van der Waals surface area (Å²) in [6.07, 6.45) is 1.83. The fraction of sp³-hybridized carbons (Fsp3) is 0.471. The van der Waals surface area contributed by atoms with Gasteiger partial charge in [-0.25, -0.2) is 0 Å². The molecule has 2 unspecified atom stereocenters. The Balaban J connectivity index is 1.93. The number of carboxylic acids is 1. The highest BCUT2D eigenvalue weighted by Crippen LogP contribution is 2.22. The summed E-state index contributed by atoms with van der Waals surface area (Å²) in [5, 5.41) is 12.2. The molecule has 1 aromatic carbocycles. The molecule has 0 aromatic heterocycles. The quantitative estimate of drug-likeness (QED) is 0.715. The number of benzene rings is 1.